The van der Waals surface area contributed by atoms with E-state index in [2.05, 4.69) is 0 Å². The van der Waals surface area contributed by atoms with Crippen molar-refractivity contribution in [1.82, 2.24) is 9.80 Å². The van der Waals surface area contributed by atoms with E-state index in [0.717, 1.165) is 6.42 Å². The van der Waals surface area contributed by atoms with Crippen molar-refractivity contribution in [1.29, 1.82) is 0 Å². The second-order valence-electron chi connectivity index (χ2n) is 5.92. The standard InChI is InChI=1S/C14H22N2O5/c1-3-21-11(17)10-5-4-7-16(10)13(20)15-8-6-14(2,9-15)12(18)19/h10H,3-9H2,1-2H3,(H,18,19). The highest BCUT2D eigenvalue weighted by molar-refractivity contribution is 5.85. The molecular formula is C14H22N2O5. The lowest BCUT2D eigenvalue weighted by Gasteiger charge is -2.29. The monoisotopic (exact) mass is 298 g/mol. The molecule has 2 atom stereocenters. The molecule has 2 unspecified atom stereocenters. The highest BCUT2D eigenvalue weighted by Gasteiger charge is 2.45. The Kier molecular flexibility index (Phi) is 4.39. The molecule has 2 fully saturated rings. The van der Waals surface area contributed by atoms with Crippen LogP contribution in [0.15, 0.2) is 0 Å². The number of rotatable bonds is 3. The van der Waals surface area contributed by atoms with Crippen LogP contribution in [0, 0.1) is 5.41 Å². The van der Waals surface area contributed by atoms with Crippen molar-refractivity contribution in [2.75, 3.05) is 26.2 Å². The number of hydrogen-bond acceptors (Lipinski definition) is 4. The van der Waals surface area contributed by atoms with Crippen molar-refractivity contribution in [2.45, 2.75) is 39.2 Å². The van der Waals surface area contributed by atoms with Gasteiger partial charge in [0.15, 0.2) is 0 Å². The number of carbonyl (C=O) groups excluding carboxylic acids is 2. The van der Waals surface area contributed by atoms with Crippen molar-refractivity contribution < 1.29 is 24.2 Å². The SMILES string of the molecule is CCOC(=O)C1CCCN1C(=O)N1CCC(C)(C(=O)O)C1. The zero-order valence-electron chi connectivity index (χ0n) is 12.5. The Hall–Kier alpha value is -1.79. The number of carboxylic acids is 1. The minimum atomic E-state index is -0.894. The van der Waals surface area contributed by atoms with Gasteiger partial charge in [-0.1, -0.05) is 0 Å². The van der Waals surface area contributed by atoms with E-state index in [1.54, 1.807) is 13.8 Å². The van der Waals surface area contributed by atoms with Gasteiger partial charge in [-0.3, -0.25) is 4.79 Å². The van der Waals surface area contributed by atoms with Crippen molar-refractivity contribution >= 4 is 18.0 Å². The van der Waals surface area contributed by atoms with Gasteiger partial charge in [-0.05, 0) is 33.1 Å². The van der Waals surface area contributed by atoms with Crippen LogP contribution in [0.2, 0.25) is 0 Å². The zero-order valence-corrected chi connectivity index (χ0v) is 12.5. The van der Waals surface area contributed by atoms with Gasteiger partial charge in [0.2, 0.25) is 0 Å². The molecule has 2 aliphatic rings. The summed E-state index contributed by atoms with van der Waals surface area (Å²) in [5, 5.41) is 9.22. The molecule has 0 bridgehead atoms. The third kappa shape index (κ3) is 2.96. The number of nitrogens with zero attached hydrogens (tertiary/aromatic N) is 2. The van der Waals surface area contributed by atoms with Crippen LogP contribution in [-0.4, -0.2) is 65.2 Å². The van der Waals surface area contributed by atoms with Gasteiger partial charge in [0.1, 0.15) is 6.04 Å². The summed E-state index contributed by atoms with van der Waals surface area (Å²) in [6, 6.07) is -0.787. The number of aliphatic carboxylic acids is 1. The molecule has 0 aromatic rings. The Morgan fingerprint density at radius 3 is 2.62 bits per heavy atom. The van der Waals surface area contributed by atoms with Crippen LogP contribution in [0.1, 0.15) is 33.1 Å². The first-order valence-corrected chi connectivity index (χ1v) is 7.34. The number of esters is 1. The normalized spacial score (nSPS) is 28.8. The summed E-state index contributed by atoms with van der Waals surface area (Å²) in [5.74, 6) is -1.26. The molecule has 1 N–H and O–H groups in total. The lowest BCUT2D eigenvalue weighted by Crippen LogP contribution is -2.48. The molecule has 2 saturated heterocycles. The Morgan fingerprint density at radius 2 is 2.05 bits per heavy atom. The number of urea groups is 1. The lowest BCUT2D eigenvalue weighted by molar-refractivity contribution is -0.148. The maximum Gasteiger partial charge on any atom is 0.328 e. The van der Waals surface area contributed by atoms with E-state index >= 15 is 0 Å². The quantitative estimate of drug-likeness (QED) is 0.783. The van der Waals surface area contributed by atoms with Crippen LogP contribution < -0.4 is 0 Å². The van der Waals surface area contributed by atoms with Crippen LogP contribution >= 0.6 is 0 Å². The van der Waals surface area contributed by atoms with E-state index in [1.165, 1.54) is 9.80 Å². The summed E-state index contributed by atoms with van der Waals surface area (Å²) < 4.78 is 5.00. The average molecular weight is 298 g/mol. The van der Waals surface area contributed by atoms with E-state index in [1.807, 2.05) is 0 Å². The zero-order chi connectivity index (χ0) is 15.6. The maximum absolute atomic E-state index is 12.5. The van der Waals surface area contributed by atoms with Gasteiger partial charge >= 0.3 is 18.0 Å². The number of likely N-dealkylation sites (tertiary alicyclic amines) is 2. The number of carboxylic acid groups (broad SMARTS) is 1. The highest BCUT2D eigenvalue weighted by atomic mass is 16.5. The summed E-state index contributed by atoms with van der Waals surface area (Å²) in [4.78, 5) is 38.7. The Labute approximate surface area is 123 Å². The van der Waals surface area contributed by atoms with Gasteiger partial charge in [0.05, 0.1) is 12.0 Å². The summed E-state index contributed by atoms with van der Waals surface area (Å²) in [7, 11) is 0. The minimum Gasteiger partial charge on any atom is -0.481 e. The van der Waals surface area contributed by atoms with Gasteiger partial charge in [0, 0.05) is 19.6 Å². The largest absolute Gasteiger partial charge is 0.481 e. The topological polar surface area (TPSA) is 87.2 Å². The Bertz CT molecular complexity index is 453. The Balaban J connectivity index is 2.03. The predicted molar refractivity (Wildman–Crippen MR) is 73.7 cm³/mol. The predicted octanol–water partition coefficient (Wildman–Crippen LogP) is 0.930. The highest BCUT2D eigenvalue weighted by Crippen LogP contribution is 2.32. The van der Waals surface area contributed by atoms with E-state index < -0.39 is 17.4 Å². The van der Waals surface area contributed by atoms with E-state index in [4.69, 9.17) is 4.74 Å². The minimum absolute atomic E-state index is 0.188. The molecule has 0 aromatic carbocycles. The molecule has 0 saturated carbocycles. The van der Waals surface area contributed by atoms with Crippen LogP contribution in [0.5, 0.6) is 0 Å². The van der Waals surface area contributed by atoms with Gasteiger partial charge < -0.3 is 19.6 Å². The van der Waals surface area contributed by atoms with Gasteiger partial charge in [-0.2, -0.15) is 0 Å². The van der Waals surface area contributed by atoms with E-state index in [0.29, 0.717) is 25.9 Å². The molecule has 2 heterocycles. The molecule has 2 amide bonds. The van der Waals surface area contributed by atoms with Crippen LogP contribution in [0.3, 0.4) is 0 Å². The van der Waals surface area contributed by atoms with E-state index in [-0.39, 0.29) is 25.2 Å². The summed E-state index contributed by atoms with van der Waals surface area (Å²) in [6.07, 6.45) is 1.81. The molecule has 2 rings (SSSR count). The van der Waals surface area contributed by atoms with E-state index in [9.17, 15) is 19.5 Å². The second kappa shape index (κ2) is 5.91. The molecule has 2 aliphatic heterocycles. The fourth-order valence-corrected chi connectivity index (χ4v) is 2.96. The second-order valence-corrected chi connectivity index (χ2v) is 5.92. The molecular weight excluding hydrogens is 276 g/mol. The average Bonchev–Trinajstić information content (AvgIpc) is 3.05. The number of carbonyl (C=O) groups is 3. The van der Waals surface area contributed by atoms with Gasteiger partial charge in [-0.15, -0.1) is 0 Å². The first kappa shape index (κ1) is 15.6. The van der Waals surface area contributed by atoms with Crippen molar-refractivity contribution in [3.63, 3.8) is 0 Å². The number of hydrogen-bond donors (Lipinski definition) is 1. The molecule has 118 valence electrons. The van der Waals surface area contributed by atoms with Gasteiger partial charge in [0.25, 0.3) is 0 Å². The number of amides is 2. The molecule has 0 aromatic heterocycles. The van der Waals surface area contributed by atoms with Crippen molar-refractivity contribution in [3.05, 3.63) is 0 Å². The van der Waals surface area contributed by atoms with Crippen LogP contribution in [0.25, 0.3) is 0 Å². The third-order valence-corrected chi connectivity index (χ3v) is 4.32. The molecule has 0 aliphatic carbocycles. The number of ether oxygens (including phenoxy) is 1. The molecule has 7 nitrogen and oxygen atoms in total. The molecule has 21 heavy (non-hydrogen) atoms. The van der Waals surface area contributed by atoms with Crippen LogP contribution in [0.4, 0.5) is 4.79 Å². The molecule has 7 heteroatoms. The molecule has 0 radical (unpaired) electrons. The molecule has 0 spiro atoms. The first-order valence-electron chi connectivity index (χ1n) is 7.34. The van der Waals surface area contributed by atoms with Crippen molar-refractivity contribution in [2.24, 2.45) is 5.41 Å². The first-order chi connectivity index (χ1) is 9.89. The maximum atomic E-state index is 12.5. The van der Waals surface area contributed by atoms with Gasteiger partial charge in [-0.25, -0.2) is 9.59 Å². The fraction of sp³-hybridized carbons (Fsp3) is 0.786. The van der Waals surface area contributed by atoms with Crippen molar-refractivity contribution in [3.8, 4) is 0 Å². The van der Waals surface area contributed by atoms with Crippen LogP contribution in [-0.2, 0) is 14.3 Å². The lowest BCUT2D eigenvalue weighted by atomic mass is 9.90. The summed E-state index contributed by atoms with van der Waals surface area (Å²) in [6.45, 7) is 4.79. The summed E-state index contributed by atoms with van der Waals surface area (Å²) in [5.41, 5.74) is -0.894. The smallest absolute Gasteiger partial charge is 0.328 e. The fourth-order valence-electron chi connectivity index (χ4n) is 2.96. The third-order valence-electron chi connectivity index (χ3n) is 4.32. The summed E-state index contributed by atoms with van der Waals surface area (Å²) >= 11 is 0. The Morgan fingerprint density at radius 1 is 1.33 bits per heavy atom.